The van der Waals surface area contributed by atoms with Gasteiger partial charge in [-0.2, -0.15) is 0 Å². The van der Waals surface area contributed by atoms with E-state index in [0.717, 1.165) is 16.9 Å². The van der Waals surface area contributed by atoms with E-state index in [2.05, 4.69) is 31.9 Å². The Morgan fingerprint density at radius 2 is 1.25 bits per heavy atom. The van der Waals surface area contributed by atoms with E-state index in [0.29, 0.717) is 18.8 Å². The van der Waals surface area contributed by atoms with Gasteiger partial charge >= 0.3 is 0 Å². The van der Waals surface area contributed by atoms with Crippen LogP contribution in [0, 0.1) is 10.8 Å². The van der Waals surface area contributed by atoms with Crippen LogP contribution in [-0.2, 0) is 23.9 Å². The second-order valence-electron chi connectivity index (χ2n) is 21.6. The van der Waals surface area contributed by atoms with Gasteiger partial charge in [0, 0.05) is 54.5 Å². The molecule has 8 N–H and O–H groups in total. The van der Waals surface area contributed by atoms with Crippen LogP contribution in [0.25, 0.3) is 0 Å². The minimum absolute atomic E-state index is 0.108. The third kappa shape index (κ3) is 13.4. The van der Waals surface area contributed by atoms with Crippen molar-refractivity contribution in [1.82, 2.24) is 41.7 Å². The van der Waals surface area contributed by atoms with E-state index in [9.17, 15) is 28.8 Å². The molecule has 3 aliphatic heterocycles. The van der Waals surface area contributed by atoms with E-state index >= 15 is 0 Å². The van der Waals surface area contributed by atoms with Gasteiger partial charge in [-0.15, -0.1) is 0 Å². The summed E-state index contributed by atoms with van der Waals surface area (Å²) in [7, 11) is 4.86. The first-order valence-corrected chi connectivity index (χ1v) is 24.4. The molecule has 3 saturated heterocycles. The zero-order valence-electron chi connectivity index (χ0n) is 43.4. The molecule has 0 aromatic heterocycles. The summed E-state index contributed by atoms with van der Waals surface area (Å²) in [6.45, 7) is 17.6. The third-order valence-corrected chi connectivity index (χ3v) is 13.6. The zero-order chi connectivity index (χ0) is 52.2. The summed E-state index contributed by atoms with van der Waals surface area (Å²) in [5.41, 5.74) is 6.61. The Bertz CT molecular complexity index is 2410. The van der Waals surface area contributed by atoms with Crippen molar-refractivity contribution in [3.8, 4) is 11.5 Å². The van der Waals surface area contributed by atoms with E-state index in [1.807, 2.05) is 104 Å². The second kappa shape index (κ2) is 22.0. The number of nitrogens with two attached hydrogens (primary N) is 1. The Balaban J connectivity index is 1.19. The average molecular weight is 982 g/mol. The maximum atomic E-state index is 14.8. The molecule has 0 saturated carbocycles. The molecule has 386 valence electrons. The number of likely N-dealkylation sites (N-methyl/N-ethyl adjacent to an activating group) is 1. The van der Waals surface area contributed by atoms with Crippen molar-refractivity contribution in [3.05, 3.63) is 89.0 Å². The topological polar surface area (TPSA) is 238 Å². The molecular formula is C53H75N9O9. The number of likely N-dealkylation sites (tertiary alicyclic amines) is 2. The van der Waals surface area contributed by atoms with Crippen molar-refractivity contribution in [3.63, 3.8) is 0 Å². The number of hydrogen-bond donors (Lipinski definition) is 7. The van der Waals surface area contributed by atoms with Gasteiger partial charge in [0.05, 0.1) is 39.0 Å². The van der Waals surface area contributed by atoms with Crippen LogP contribution in [-0.4, -0.2) is 128 Å². The molecule has 0 bridgehead atoms. The number of methoxy groups -OCH3 is 2. The van der Waals surface area contributed by atoms with E-state index in [1.54, 1.807) is 38.0 Å². The number of carbonyl (C=O) groups excluding carboxylic acids is 6. The Labute approximate surface area is 418 Å². The fourth-order valence-corrected chi connectivity index (χ4v) is 9.39. The average Bonchev–Trinajstić information content (AvgIpc) is 3.75. The molecule has 0 radical (unpaired) electrons. The van der Waals surface area contributed by atoms with Crippen LogP contribution in [0.5, 0.6) is 11.5 Å². The SMILES string of the molecule is CN[C@@H](C)C(=O)N[C@H](C(=O)N1C[C@@H](NC(=O)c2cc(N)cc(C(=O)N[C@H]3C[C@@H](C(=O)N[C@H](C)c4ccc(OC)cc4)N(C(=O)CC(C)(C)C)C3)c2)C[C@H]1C1(N[C@H](C)c2ccc(OC)cc2)CO1)C(C)(C)C. The summed E-state index contributed by atoms with van der Waals surface area (Å²) in [5.74, 6) is -0.820. The van der Waals surface area contributed by atoms with E-state index in [-0.39, 0.29) is 83.9 Å². The summed E-state index contributed by atoms with van der Waals surface area (Å²) in [4.78, 5) is 87.2. The Morgan fingerprint density at radius 1 is 0.746 bits per heavy atom. The van der Waals surface area contributed by atoms with Crippen molar-refractivity contribution < 1.29 is 43.0 Å². The van der Waals surface area contributed by atoms with Crippen LogP contribution in [0.4, 0.5) is 5.69 Å². The lowest BCUT2D eigenvalue weighted by atomic mass is 9.85. The first kappa shape index (κ1) is 54.1. The molecule has 3 aromatic rings. The van der Waals surface area contributed by atoms with Gasteiger partial charge in [0.15, 0.2) is 5.72 Å². The fraction of sp³-hybridized carbons (Fsp3) is 0.547. The van der Waals surface area contributed by atoms with Crippen LogP contribution in [0.1, 0.15) is 126 Å². The lowest BCUT2D eigenvalue weighted by molar-refractivity contribution is -0.142. The van der Waals surface area contributed by atoms with Gasteiger partial charge in [-0.3, -0.25) is 34.1 Å². The van der Waals surface area contributed by atoms with Crippen LogP contribution in [0.3, 0.4) is 0 Å². The van der Waals surface area contributed by atoms with Gasteiger partial charge < -0.3 is 56.3 Å². The largest absolute Gasteiger partial charge is 0.497 e. The van der Waals surface area contributed by atoms with E-state index in [1.165, 1.54) is 18.2 Å². The third-order valence-electron chi connectivity index (χ3n) is 13.6. The van der Waals surface area contributed by atoms with E-state index < -0.39 is 59.2 Å². The minimum Gasteiger partial charge on any atom is -0.497 e. The molecule has 0 spiro atoms. The highest BCUT2D eigenvalue weighted by Gasteiger charge is 2.59. The summed E-state index contributed by atoms with van der Waals surface area (Å²) < 4.78 is 16.8. The molecule has 1 unspecified atom stereocenters. The maximum Gasteiger partial charge on any atom is 0.251 e. The Kier molecular flexibility index (Phi) is 16.8. The van der Waals surface area contributed by atoms with Crippen molar-refractivity contribution >= 4 is 41.1 Å². The fourth-order valence-electron chi connectivity index (χ4n) is 9.39. The lowest BCUT2D eigenvalue weighted by Gasteiger charge is -2.38. The molecule has 6 rings (SSSR count). The van der Waals surface area contributed by atoms with Crippen LogP contribution in [0.15, 0.2) is 66.7 Å². The first-order chi connectivity index (χ1) is 33.3. The summed E-state index contributed by atoms with van der Waals surface area (Å²) >= 11 is 0. The molecule has 3 aliphatic rings. The second-order valence-corrected chi connectivity index (χ2v) is 21.6. The molecule has 3 heterocycles. The van der Waals surface area contributed by atoms with Gasteiger partial charge in [0.2, 0.25) is 23.6 Å². The highest BCUT2D eigenvalue weighted by atomic mass is 16.6. The number of benzene rings is 3. The molecule has 9 atom stereocenters. The van der Waals surface area contributed by atoms with E-state index in [4.69, 9.17) is 19.9 Å². The van der Waals surface area contributed by atoms with Crippen molar-refractivity contribution in [2.24, 2.45) is 10.8 Å². The molecule has 3 aromatic carbocycles. The van der Waals surface area contributed by atoms with Crippen molar-refractivity contribution in [1.29, 1.82) is 0 Å². The maximum absolute atomic E-state index is 14.8. The standard InChI is InChI=1S/C53H75N9O9/c1-30(33-13-17-40(69-11)18-14-33)56-49(67)42-24-38(27-61(42)44(63)26-51(4,5)6)57-47(65)35-21-36(23-37(54)22-35)48(66)58-39-25-43(53(29-71-53)60-31(2)34-15-19-41(70-12)20-16-34)62(28-39)50(68)45(52(7,8)9)59-46(64)32(3)55-10/h13-23,30-32,38-39,42-43,45,55,60H,24-29,54H2,1-12H3,(H,56,67)(H,57,65)(H,58,66)(H,59,64)/t30-,31-,32+,38+,39+,42+,43+,45-,53?/m1/s1. The summed E-state index contributed by atoms with van der Waals surface area (Å²) in [5, 5.41) is 18.7. The predicted octanol–water partition coefficient (Wildman–Crippen LogP) is 4.21. The van der Waals surface area contributed by atoms with Gasteiger partial charge in [0.25, 0.3) is 11.8 Å². The van der Waals surface area contributed by atoms with Crippen molar-refractivity contribution in [2.75, 3.05) is 46.7 Å². The molecule has 18 nitrogen and oxygen atoms in total. The normalized spacial score (nSPS) is 22.6. The number of nitrogen functional groups attached to an aromatic ring is 1. The number of ether oxygens (including phenoxy) is 3. The van der Waals surface area contributed by atoms with Gasteiger partial charge in [-0.05, 0) is 105 Å². The number of carbonyl (C=O) groups is 6. The van der Waals surface area contributed by atoms with Crippen molar-refractivity contribution in [2.45, 2.75) is 136 Å². The molecule has 3 fully saturated rings. The lowest BCUT2D eigenvalue weighted by Crippen LogP contribution is -2.61. The number of anilines is 1. The summed E-state index contributed by atoms with van der Waals surface area (Å²) in [6, 6.07) is 14.9. The molecule has 18 heteroatoms. The monoisotopic (exact) mass is 982 g/mol. The Hall–Kier alpha value is -6.24. The smallest absolute Gasteiger partial charge is 0.251 e. The number of rotatable bonds is 18. The van der Waals surface area contributed by atoms with Crippen LogP contribution >= 0.6 is 0 Å². The zero-order valence-corrected chi connectivity index (χ0v) is 43.4. The van der Waals surface area contributed by atoms with Crippen LogP contribution in [0.2, 0.25) is 0 Å². The number of epoxide rings is 1. The number of amides is 6. The predicted molar refractivity (Wildman–Crippen MR) is 270 cm³/mol. The highest BCUT2D eigenvalue weighted by Crippen LogP contribution is 2.41. The first-order valence-electron chi connectivity index (χ1n) is 24.4. The van der Waals surface area contributed by atoms with Crippen LogP contribution < -0.4 is 47.1 Å². The number of nitrogens with zero attached hydrogens (tertiary/aromatic N) is 2. The van der Waals surface area contributed by atoms with Gasteiger partial charge in [-0.1, -0.05) is 65.8 Å². The number of hydrogen-bond acceptors (Lipinski definition) is 12. The molecule has 6 amide bonds. The Morgan fingerprint density at radius 3 is 1.73 bits per heavy atom. The minimum atomic E-state index is -0.955. The quantitative estimate of drug-likeness (QED) is 0.0702. The van der Waals surface area contributed by atoms with Gasteiger partial charge in [0.1, 0.15) is 23.6 Å². The molecule has 71 heavy (non-hydrogen) atoms. The highest BCUT2D eigenvalue weighted by molar-refractivity contribution is 6.01. The molecular weight excluding hydrogens is 907 g/mol. The molecule has 0 aliphatic carbocycles. The van der Waals surface area contributed by atoms with Gasteiger partial charge in [-0.25, -0.2) is 0 Å². The number of nitrogens with one attached hydrogen (secondary N) is 6. The summed E-state index contributed by atoms with van der Waals surface area (Å²) in [6.07, 6.45) is 0.681.